The smallest absolute Gasteiger partial charge is 0.307 e. The van der Waals surface area contributed by atoms with Gasteiger partial charge in [-0.25, -0.2) is 0 Å². The highest BCUT2D eigenvalue weighted by molar-refractivity contribution is 5.70. The lowest BCUT2D eigenvalue weighted by atomic mass is 9.75. The van der Waals surface area contributed by atoms with Gasteiger partial charge in [0, 0.05) is 12.6 Å². The van der Waals surface area contributed by atoms with Gasteiger partial charge in [-0.3, -0.25) is 4.79 Å². The van der Waals surface area contributed by atoms with Crippen LogP contribution in [-0.4, -0.2) is 23.7 Å². The highest BCUT2D eigenvalue weighted by Gasteiger charge is 2.31. The Kier molecular flexibility index (Phi) is 5.40. The van der Waals surface area contributed by atoms with Crippen LogP contribution in [-0.2, 0) is 4.79 Å². The van der Waals surface area contributed by atoms with Gasteiger partial charge in [-0.05, 0) is 43.6 Å². The van der Waals surface area contributed by atoms with Gasteiger partial charge in [0.1, 0.15) is 0 Å². The summed E-state index contributed by atoms with van der Waals surface area (Å²) in [5, 5.41) is 12.7. The monoisotopic (exact) mass is 289 g/mol. The summed E-state index contributed by atoms with van der Waals surface area (Å²) in [5.74, 6) is 0.125. The first-order valence-corrected chi connectivity index (χ1v) is 7.98. The Bertz CT molecular complexity index is 461. The molecular formula is C18H27NO2. The van der Waals surface area contributed by atoms with Crippen LogP contribution in [0.2, 0.25) is 0 Å². The van der Waals surface area contributed by atoms with E-state index in [0.29, 0.717) is 24.4 Å². The van der Waals surface area contributed by atoms with Gasteiger partial charge in [0.15, 0.2) is 0 Å². The van der Waals surface area contributed by atoms with E-state index >= 15 is 0 Å². The highest BCUT2D eigenvalue weighted by atomic mass is 16.4. The zero-order valence-electron chi connectivity index (χ0n) is 13.3. The van der Waals surface area contributed by atoms with Crippen LogP contribution in [0.15, 0.2) is 24.3 Å². The third-order valence-corrected chi connectivity index (χ3v) is 4.44. The van der Waals surface area contributed by atoms with Gasteiger partial charge in [-0.15, -0.1) is 0 Å². The third-order valence-electron chi connectivity index (χ3n) is 4.44. The van der Waals surface area contributed by atoms with Crippen LogP contribution in [0.3, 0.4) is 0 Å². The van der Waals surface area contributed by atoms with Crippen molar-refractivity contribution in [2.75, 3.05) is 6.54 Å². The molecular weight excluding hydrogens is 262 g/mol. The molecule has 3 heteroatoms. The molecule has 2 rings (SSSR count). The molecule has 0 spiro atoms. The number of aliphatic carboxylic acids is 1. The molecule has 0 aromatic heterocycles. The number of benzene rings is 1. The fourth-order valence-electron chi connectivity index (χ4n) is 3.04. The van der Waals surface area contributed by atoms with Gasteiger partial charge in [0.25, 0.3) is 0 Å². The summed E-state index contributed by atoms with van der Waals surface area (Å²) < 4.78 is 0. The van der Waals surface area contributed by atoms with Gasteiger partial charge in [-0.2, -0.15) is 0 Å². The zero-order valence-corrected chi connectivity index (χ0v) is 13.3. The van der Waals surface area contributed by atoms with Crippen LogP contribution >= 0.6 is 0 Å². The van der Waals surface area contributed by atoms with E-state index in [1.54, 1.807) is 0 Å². The lowest BCUT2D eigenvalue weighted by molar-refractivity contribution is -0.142. The van der Waals surface area contributed by atoms with Crippen molar-refractivity contribution in [3.63, 3.8) is 0 Å². The molecule has 3 nitrogen and oxygen atoms in total. The maximum Gasteiger partial charge on any atom is 0.307 e. The van der Waals surface area contributed by atoms with Gasteiger partial charge in [-0.1, -0.05) is 43.7 Å². The van der Waals surface area contributed by atoms with Crippen LogP contribution in [0.1, 0.15) is 50.2 Å². The predicted molar refractivity (Wildman–Crippen MR) is 85.5 cm³/mol. The normalized spacial score (nSPS) is 22.9. The summed E-state index contributed by atoms with van der Waals surface area (Å²) in [6.07, 6.45) is 2.99. The summed E-state index contributed by atoms with van der Waals surface area (Å²) in [7, 11) is 0. The number of carboxylic acid groups (broad SMARTS) is 1. The number of nitrogens with one attached hydrogen (secondary N) is 1. The minimum atomic E-state index is -0.675. The Labute approximate surface area is 127 Å². The molecule has 1 aliphatic carbocycles. The maximum absolute atomic E-state index is 11.2. The third kappa shape index (κ3) is 4.57. The van der Waals surface area contributed by atoms with Gasteiger partial charge in [0.2, 0.25) is 0 Å². The average Bonchev–Trinajstić information content (AvgIpc) is 2.36. The Morgan fingerprint density at radius 2 is 1.90 bits per heavy atom. The van der Waals surface area contributed by atoms with E-state index in [0.717, 1.165) is 19.3 Å². The minimum absolute atomic E-state index is 0.261. The number of rotatable bonds is 7. The maximum atomic E-state index is 11.2. The van der Waals surface area contributed by atoms with Crippen molar-refractivity contribution in [3.8, 4) is 0 Å². The van der Waals surface area contributed by atoms with E-state index in [-0.39, 0.29) is 5.92 Å². The molecule has 21 heavy (non-hydrogen) atoms. The first kappa shape index (κ1) is 16.0. The van der Waals surface area contributed by atoms with Gasteiger partial charge < -0.3 is 10.4 Å². The molecule has 1 saturated carbocycles. The number of carbonyl (C=O) groups is 1. The van der Waals surface area contributed by atoms with Crippen LogP contribution in [0.25, 0.3) is 0 Å². The predicted octanol–water partition coefficient (Wildman–Crippen LogP) is 3.58. The Morgan fingerprint density at radius 3 is 2.43 bits per heavy atom. The topological polar surface area (TPSA) is 49.3 Å². The molecule has 2 N–H and O–H groups in total. The molecule has 0 radical (unpaired) electrons. The van der Waals surface area contributed by atoms with Crippen LogP contribution < -0.4 is 5.32 Å². The fraction of sp³-hybridized carbons (Fsp3) is 0.611. The Morgan fingerprint density at radius 1 is 1.29 bits per heavy atom. The van der Waals surface area contributed by atoms with Crippen molar-refractivity contribution >= 4 is 5.97 Å². The second-order valence-electron chi connectivity index (χ2n) is 6.85. The number of hydrogen-bond donors (Lipinski definition) is 2. The number of hydrogen-bond acceptors (Lipinski definition) is 2. The van der Waals surface area contributed by atoms with E-state index in [4.69, 9.17) is 0 Å². The fourth-order valence-corrected chi connectivity index (χ4v) is 3.04. The molecule has 0 heterocycles. The van der Waals surface area contributed by atoms with Crippen molar-refractivity contribution in [3.05, 3.63) is 35.4 Å². The van der Waals surface area contributed by atoms with Crippen molar-refractivity contribution in [2.24, 2.45) is 11.8 Å². The van der Waals surface area contributed by atoms with E-state index < -0.39 is 5.97 Å². The van der Waals surface area contributed by atoms with E-state index in [1.165, 1.54) is 11.1 Å². The lowest BCUT2D eigenvalue weighted by Gasteiger charge is -2.37. The molecule has 0 saturated heterocycles. The van der Waals surface area contributed by atoms with E-state index in [1.807, 2.05) is 0 Å². The summed E-state index contributed by atoms with van der Waals surface area (Å²) in [5.41, 5.74) is 2.71. The van der Waals surface area contributed by atoms with Gasteiger partial charge in [0.05, 0.1) is 5.92 Å². The summed E-state index contributed by atoms with van der Waals surface area (Å²) in [6, 6.07) is 9.24. The summed E-state index contributed by atoms with van der Waals surface area (Å²) in [4.78, 5) is 11.2. The number of aryl methyl sites for hydroxylation is 1. The minimum Gasteiger partial charge on any atom is -0.481 e. The SMILES string of the molecule is Cc1ccc(C2CC(NCC(CC(C)C)C(=O)O)C2)cc1. The first-order chi connectivity index (χ1) is 9.95. The largest absolute Gasteiger partial charge is 0.481 e. The Balaban J connectivity index is 1.74. The molecule has 0 aliphatic heterocycles. The standard InChI is InChI=1S/C18H27NO2/c1-12(2)8-16(18(20)21)11-19-17-9-15(10-17)14-6-4-13(3)5-7-14/h4-7,12,15-17,19H,8-11H2,1-3H3,(H,20,21). The Hall–Kier alpha value is -1.35. The van der Waals surface area contributed by atoms with Gasteiger partial charge >= 0.3 is 5.97 Å². The molecule has 1 unspecified atom stereocenters. The molecule has 1 fully saturated rings. The first-order valence-electron chi connectivity index (χ1n) is 7.98. The van der Waals surface area contributed by atoms with Crippen LogP contribution in [0, 0.1) is 18.8 Å². The molecule has 1 atom stereocenters. The molecule has 1 aromatic rings. The van der Waals surface area contributed by atoms with Crippen molar-refractivity contribution in [1.82, 2.24) is 5.32 Å². The molecule has 116 valence electrons. The van der Waals surface area contributed by atoms with Crippen LogP contribution in [0.4, 0.5) is 0 Å². The van der Waals surface area contributed by atoms with E-state index in [2.05, 4.69) is 50.4 Å². The van der Waals surface area contributed by atoms with Crippen molar-refractivity contribution in [1.29, 1.82) is 0 Å². The molecule has 1 aliphatic rings. The van der Waals surface area contributed by atoms with Crippen molar-refractivity contribution < 1.29 is 9.90 Å². The lowest BCUT2D eigenvalue weighted by Crippen LogP contribution is -2.43. The molecule has 0 bridgehead atoms. The molecule has 0 amide bonds. The van der Waals surface area contributed by atoms with E-state index in [9.17, 15) is 9.90 Å². The van der Waals surface area contributed by atoms with Crippen LogP contribution in [0.5, 0.6) is 0 Å². The summed E-state index contributed by atoms with van der Waals surface area (Å²) >= 11 is 0. The second kappa shape index (κ2) is 7.08. The average molecular weight is 289 g/mol. The quantitative estimate of drug-likeness (QED) is 0.806. The molecule has 1 aromatic carbocycles. The highest BCUT2D eigenvalue weighted by Crippen LogP contribution is 2.37. The van der Waals surface area contributed by atoms with Crippen molar-refractivity contribution in [2.45, 2.75) is 52.0 Å². The number of carboxylic acids is 1. The summed E-state index contributed by atoms with van der Waals surface area (Å²) in [6.45, 7) is 6.86. The second-order valence-corrected chi connectivity index (χ2v) is 6.85. The zero-order chi connectivity index (χ0) is 15.4.